The van der Waals surface area contributed by atoms with E-state index in [1.54, 1.807) is 6.92 Å². The molecule has 7 heteroatoms. The summed E-state index contributed by atoms with van der Waals surface area (Å²) in [5, 5.41) is 4.48. The van der Waals surface area contributed by atoms with Crippen molar-refractivity contribution in [3.63, 3.8) is 0 Å². The van der Waals surface area contributed by atoms with Crippen LogP contribution >= 0.6 is 23.1 Å². The van der Waals surface area contributed by atoms with Crippen LogP contribution in [-0.4, -0.2) is 28.7 Å². The molecule has 1 unspecified atom stereocenters. The van der Waals surface area contributed by atoms with Crippen molar-refractivity contribution in [2.24, 2.45) is 0 Å². The highest BCUT2D eigenvalue weighted by Gasteiger charge is 2.28. The first kappa shape index (κ1) is 21.0. The summed E-state index contributed by atoms with van der Waals surface area (Å²) < 4.78 is 5.32. The summed E-state index contributed by atoms with van der Waals surface area (Å²) in [7, 11) is 0. The molecular weight excluding hydrogens is 416 g/mol. The minimum atomic E-state index is -0.330. The fourth-order valence-corrected chi connectivity index (χ4v) is 6.11. The lowest BCUT2D eigenvalue weighted by atomic mass is 10.1. The maximum atomic E-state index is 13.0. The number of ether oxygens (including phenoxy) is 1. The number of thioether (sulfide) groups is 1. The van der Waals surface area contributed by atoms with Crippen LogP contribution in [0.25, 0.3) is 10.9 Å². The standard InChI is InChI=1S/C23H26N2O3S2/c1-3-28-23(27)20-16-10-5-4-6-12-18(16)30-22(20)25-21(26)14(2)29-19-13-24-17-11-8-7-9-15(17)19/h7-9,11,13-14,24H,3-6,10,12H2,1-2H3,(H,25,26). The van der Waals surface area contributed by atoms with E-state index in [4.69, 9.17) is 4.74 Å². The number of fused-ring (bicyclic) bond motifs is 2. The van der Waals surface area contributed by atoms with E-state index >= 15 is 0 Å². The van der Waals surface area contributed by atoms with E-state index in [2.05, 4.69) is 10.3 Å². The second kappa shape index (κ2) is 9.27. The molecule has 0 bridgehead atoms. The van der Waals surface area contributed by atoms with Crippen molar-refractivity contribution >= 4 is 50.9 Å². The van der Waals surface area contributed by atoms with E-state index in [1.807, 2.05) is 37.4 Å². The van der Waals surface area contributed by atoms with Crippen molar-refractivity contribution in [1.82, 2.24) is 4.98 Å². The Balaban J connectivity index is 1.55. The van der Waals surface area contributed by atoms with Gasteiger partial charge in [0.25, 0.3) is 0 Å². The van der Waals surface area contributed by atoms with Crippen LogP contribution in [0, 0.1) is 0 Å². The molecule has 1 aliphatic carbocycles. The third-order valence-corrected chi connectivity index (χ3v) is 7.73. The summed E-state index contributed by atoms with van der Waals surface area (Å²) in [4.78, 5) is 31.2. The molecule has 0 aliphatic heterocycles. The molecule has 0 spiro atoms. The Hall–Kier alpha value is -2.25. The van der Waals surface area contributed by atoms with Crippen LogP contribution in [0.5, 0.6) is 0 Å². The maximum absolute atomic E-state index is 13.0. The third-order valence-electron chi connectivity index (χ3n) is 5.36. The molecule has 0 saturated heterocycles. The van der Waals surface area contributed by atoms with Gasteiger partial charge in [-0.25, -0.2) is 4.79 Å². The number of anilines is 1. The van der Waals surface area contributed by atoms with Gasteiger partial charge in [-0.15, -0.1) is 23.1 Å². The SMILES string of the molecule is CCOC(=O)c1c(NC(=O)C(C)Sc2c[nH]c3ccccc23)sc2c1CCCCC2. The van der Waals surface area contributed by atoms with Gasteiger partial charge in [0.05, 0.1) is 17.4 Å². The summed E-state index contributed by atoms with van der Waals surface area (Å²) in [6.07, 6.45) is 7.13. The van der Waals surface area contributed by atoms with Gasteiger partial charge in [0.1, 0.15) is 5.00 Å². The van der Waals surface area contributed by atoms with Crippen LogP contribution in [0.4, 0.5) is 5.00 Å². The van der Waals surface area contributed by atoms with Gasteiger partial charge >= 0.3 is 5.97 Å². The van der Waals surface area contributed by atoms with Crippen LogP contribution in [0.2, 0.25) is 0 Å². The molecule has 1 aromatic carbocycles. The lowest BCUT2D eigenvalue weighted by molar-refractivity contribution is -0.115. The molecule has 30 heavy (non-hydrogen) atoms. The summed E-state index contributed by atoms with van der Waals surface area (Å²) >= 11 is 3.05. The smallest absolute Gasteiger partial charge is 0.341 e. The van der Waals surface area contributed by atoms with Crippen molar-refractivity contribution in [2.45, 2.75) is 56.1 Å². The Morgan fingerprint density at radius 2 is 2.03 bits per heavy atom. The molecule has 2 aromatic heterocycles. The number of amides is 1. The second-order valence-electron chi connectivity index (χ2n) is 7.44. The predicted octanol–water partition coefficient (Wildman–Crippen LogP) is 5.79. The Morgan fingerprint density at radius 1 is 1.23 bits per heavy atom. The molecule has 1 amide bonds. The van der Waals surface area contributed by atoms with Crippen LogP contribution < -0.4 is 5.32 Å². The fraction of sp³-hybridized carbons (Fsp3) is 0.391. The molecule has 2 N–H and O–H groups in total. The Kier molecular flexibility index (Phi) is 6.49. The van der Waals surface area contributed by atoms with Crippen molar-refractivity contribution in [1.29, 1.82) is 0 Å². The van der Waals surface area contributed by atoms with E-state index < -0.39 is 0 Å². The average molecular weight is 443 g/mol. The van der Waals surface area contributed by atoms with E-state index in [9.17, 15) is 9.59 Å². The average Bonchev–Trinajstić information content (AvgIpc) is 3.21. The van der Waals surface area contributed by atoms with Gasteiger partial charge in [0.2, 0.25) is 5.91 Å². The first-order valence-corrected chi connectivity index (χ1v) is 12.1. The van der Waals surface area contributed by atoms with Gasteiger partial charge in [-0.1, -0.05) is 24.6 Å². The molecular formula is C23H26N2O3S2. The van der Waals surface area contributed by atoms with E-state index in [0.29, 0.717) is 17.2 Å². The number of carbonyl (C=O) groups is 2. The molecule has 1 atom stereocenters. The zero-order valence-corrected chi connectivity index (χ0v) is 18.9. The summed E-state index contributed by atoms with van der Waals surface area (Å²) in [5.41, 5.74) is 2.69. The minimum Gasteiger partial charge on any atom is -0.462 e. The lowest BCUT2D eigenvalue weighted by Gasteiger charge is -2.12. The summed E-state index contributed by atoms with van der Waals surface area (Å²) in [5.74, 6) is -0.434. The molecule has 0 saturated carbocycles. The van der Waals surface area contributed by atoms with Crippen LogP contribution in [0.1, 0.15) is 53.9 Å². The van der Waals surface area contributed by atoms with Crippen molar-refractivity contribution in [3.05, 3.63) is 46.5 Å². The van der Waals surface area contributed by atoms with Crippen LogP contribution in [-0.2, 0) is 22.4 Å². The zero-order valence-electron chi connectivity index (χ0n) is 17.2. The fourth-order valence-electron chi connectivity index (χ4n) is 3.85. The molecule has 2 heterocycles. The minimum absolute atomic E-state index is 0.104. The molecule has 4 rings (SSSR count). The molecule has 158 valence electrons. The molecule has 5 nitrogen and oxygen atoms in total. The molecule has 0 fully saturated rings. The normalized spacial score (nSPS) is 14.7. The number of hydrogen-bond acceptors (Lipinski definition) is 5. The zero-order chi connectivity index (χ0) is 21.1. The molecule has 0 radical (unpaired) electrons. The Bertz CT molecular complexity index is 1070. The monoisotopic (exact) mass is 442 g/mol. The Labute approximate surface area is 184 Å². The number of nitrogens with one attached hydrogen (secondary N) is 2. The van der Waals surface area contributed by atoms with E-state index in [1.165, 1.54) is 34.4 Å². The topological polar surface area (TPSA) is 71.2 Å². The first-order valence-electron chi connectivity index (χ1n) is 10.4. The van der Waals surface area contributed by atoms with Gasteiger partial charge in [0.15, 0.2) is 0 Å². The number of aryl methyl sites for hydroxylation is 1. The number of para-hydroxylation sites is 1. The van der Waals surface area contributed by atoms with Gasteiger partial charge < -0.3 is 15.0 Å². The summed E-state index contributed by atoms with van der Waals surface area (Å²) in [6, 6.07) is 8.05. The number of H-pyrrole nitrogens is 1. The second-order valence-corrected chi connectivity index (χ2v) is 9.92. The highest BCUT2D eigenvalue weighted by molar-refractivity contribution is 8.00. The van der Waals surface area contributed by atoms with Gasteiger partial charge in [-0.05, 0) is 51.2 Å². The Morgan fingerprint density at radius 3 is 2.87 bits per heavy atom. The highest BCUT2D eigenvalue weighted by atomic mass is 32.2. The van der Waals surface area contributed by atoms with E-state index in [0.717, 1.165) is 47.0 Å². The quantitative estimate of drug-likeness (QED) is 0.288. The van der Waals surface area contributed by atoms with Crippen molar-refractivity contribution < 1.29 is 14.3 Å². The van der Waals surface area contributed by atoms with Crippen molar-refractivity contribution in [3.8, 4) is 0 Å². The van der Waals surface area contributed by atoms with Crippen molar-refractivity contribution in [2.75, 3.05) is 11.9 Å². The van der Waals surface area contributed by atoms with Gasteiger partial charge in [0, 0.05) is 26.9 Å². The van der Waals surface area contributed by atoms with E-state index in [-0.39, 0.29) is 17.1 Å². The number of aromatic amines is 1. The number of hydrogen-bond donors (Lipinski definition) is 2. The van der Waals surface area contributed by atoms with Crippen LogP contribution in [0.3, 0.4) is 0 Å². The van der Waals surface area contributed by atoms with Gasteiger partial charge in [-0.3, -0.25) is 4.79 Å². The number of thiophene rings is 1. The number of rotatable bonds is 6. The third kappa shape index (κ3) is 4.27. The maximum Gasteiger partial charge on any atom is 0.341 e. The largest absolute Gasteiger partial charge is 0.462 e. The number of carbonyl (C=O) groups excluding carboxylic acids is 2. The van der Waals surface area contributed by atoms with Crippen LogP contribution in [0.15, 0.2) is 35.4 Å². The first-order chi connectivity index (χ1) is 14.6. The molecule has 1 aliphatic rings. The lowest BCUT2D eigenvalue weighted by Crippen LogP contribution is -2.23. The predicted molar refractivity (Wildman–Crippen MR) is 124 cm³/mol. The number of aromatic nitrogens is 1. The summed E-state index contributed by atoms with van der Waals surface area (Å²) in [6.45, 7) is 4.02. The number of benzene rings is 1. The molecule has 3 aromatic rings. The van der Waals surface area contributed by atoms with Gasteiger partial charge in [-0.2, -0.15) is 0 Å². The highest BCUT2D eigenvalue weighted by Crippen LogP contribution is 2.39. The number of esters is 1.